The highest BCUT2D eigenvalue weighted by atomic mass is 16.5. The fraction of sp³-hybridized carbons (Fsp3) is 0.273. The van der Waals surface area contributed by atoms with Gasteiger partial charge in [0, 0.05) is 5.56 Å². The van der Waals surface area contributed by atoms with E-state index in [1.807, 2.05) is 6.07 Å². The fourth-order valence-corrected chi connectivity index (χ4v) is 1.34. The number of methoxy groups -OCH3 is 1. The van der Waals surface area contributed by atoms with Crippen LogP contribution in [0.1, 0.15) is 22.8 Å². The molecule has 16 heavy (non-hydrogen) atoms. The first-order chi connectivity index (χ1) is 7.51. The second-order valence-electron chi connectivity index (χ2n) is 3.26. The number of nitriles is 1. The first-order valence-electron chi connectivity index (χ1n) is 4.50. The van der Waals surface area contributed by atoms with Crippen molar-refractivity contribution in [2.75, 3.05) is 7.11 Å². The van der Waals surface area contributed by atoms with Gasteiger partial charge >= 0.3 is 5.97 Å². The van der Waals surface area contributed by atoms with E-state index in [0.29, 0.717) is 11.1 Å². The van der Waals surface area contributed by atoms with E-state index in [0.717, 1.165) is 0 Å². The van der Waals surface area contributed by atoms with Gasteiger partial charge in [-0.05, 0) is 24.6 Å². The molecule has 0 radical (unpaired) electrons. The molecule has 0 aromatic heterocycles. The van der Waals surface area contributed by atoms with Crippen molar-refractivity contribution >= 4 is 5.97 Å². The second-order valence-corrected chi connectivity index (χ2v) is 3.26. The molecule has 0 aliphatic carbocycles. The number of aliphatic carboxylic acids is 1. The standard InChI is InChI=1S/C11H11NO4/c1-6-3-9(16-2)8(4-7(6)5-12)10(13)11(14)15/h3-4,10,13H,1-2H3,(H,14,15). The molecule has 0 saturated heterocycles. The number of hydrogen-bond acceptors (Lipinski definition) is 4. The van der Waals surface area contributed by atoms with Crippen LogP contribution in [0.25, 0.3) is 0 Å². The molecule has 84 valence electrons. The summed E-state index contributed by atoms with van der Waals surface area (Å²) in [6.07, 6.45) is -1.69. The number of aliphatic hydroxyl groups excluding tert-OH is 1. The average Bonchev–Trinajstić information content (AvgIpc) is 2.27. The van der Waals surface area contributed by atoms with Crippen molar-refractivity contribution in [2.45, 2.75) is 13.0 Å². The summed E-state index contributed by atoms with van der Waals surface area (Å²) >= 11 is 0. The van der Waals surface area contributed by atoms with E-state index in [2.05, 4.69) is 0 Å². The topological polar surface area (TPSA) is 90.5 Å². The zero-order valence-electron chi connectivity index (χ0n) is 8.89. The molecule has 0 saturated carbocycles. The lowest BCUT2D eigenvalue weighted by Crippen LogP contribution is -2.12. The Labute approximate surface area is 92.5 Å². The summed E-state index contributed by atoms with van der Waals surface area (Å²) in [5, 5.41) is 26.9. The first kappa shape index (κ1) is 12.0. The van der Waals surface area contributed by atoms with Crippen LogP contribution in [-0.2, 0) is 4.79 Å². The number of carbonyl (C=O) groups is 1. The fourth-order valence-electron chi connectivity index (χ4n) is 1.34. The van der Waals surface area contributed by atoms with Crippen molar-refractivity contribution in [3.05, 3.63) is 28.8 Å². The summed E-state index contributed by atoms with van der Waals surface area (Å²) in [5.41, 5.74) is 1.06. The van der Waals surface area contributed by atoms with Gasteiger partial charge in [0.1, 0.15) is 5.75 Å². The molecular formula is C11H11NO4. The number of benzene rings is 1. The lowest BCUT2D eigenvalue weighted by atomic mass is 10.0. The summed E-state index contributed by atoms with van der Waals surface area (Å²) in [7, 11) is 1.37. The molecule has 0 aliphatic heterocycles. The Hall–Kier alpha value is -2.06. The molecule has 5 nitrogen and oxygen atoms in total. The third-order valence-corrected chi connectivity index (χ3v) is 2.23. The number of hydrogen-bond donors (Lipinski definition) is 2. The number of rotatable bonds is 3. The Bertz CT molecular complexity index is 462. The molecule has 1 aromatic rings. The summed E-state index contributed by atoms with van der Waals surface area (Å²) in [4.78, 5) is 10.7. The van der Waals surface area contributed by atoms with E-state index in [1.54, 1.807) is 6.92 Å². The molecule has 1 aromatic carbocycles. The van der Waals surface area contributed by atoms with E-state index < -0.39 is 12.1 Å². The van der Waals surface area contributed by atoms with Crippen molar-refractivity contribution in [1.82, 2.24) is 0 Å². The van der Waals surface area contributed by atoms with Crippen molar-refractivity contribution in [3.63, 3.8) is 0 Å². The number of aliphatic hydroxyl groups is 1. The molecule has 0 heterocycles. The summed E-state index contributed by atoms with van der Waals surface area (Å²) < 4.78 is 4.96. The molecule has 0 spiro atoms. The molecule has 0 amide bonds. The Morgan fingerprint density at radius 3 is 2.62 bits per heavy atom. The molecule has 2 N–H and O–H groups in total. The zero-order valence-corrected chi connectivity index (χ0v) is 8.89. The smallest absolute Gasteiger partial charge is 0.337 e. The average molecular weight is 221 g/mol. The minimum Gasteiger partial charge on any atom is -0.496 e. The SMILES string of the molecule is COc1cc(C)c(C#N)cc1C(O)C(=O)O. The summed E-state index contributed by atoms with van der Waals surface area (Å²) in [5.74, 6) is -1.13. The van der Waals surface area contributed by atoms with Crippen LogP contribution in [-0.4, -0.2) is 23.3 Å². The summed E-state index contributed by atoms with van der Waals surface area (Å²) in [6.45, 7) is 1.71. The van der Waals surface area contributed by atoms with E-state index in [-0.39, 0.29) is 11.3 Å². The van der Waals surface area contributed by atoms with Crippen LogP contribution in [0.2, 0.25) is 0 Å². The maximum absolute atomic E-state index is 10.7. The van der Waals surface area contributed by atoms with E-state index in [1.165, 1.54) is 19.2 Å². The van der Waals surface area contributed by atoms with Crippen molar-refractivity contribution < 1.29 is 19.7 Å². The van der Waals surface area contributed by atoms with Crippen molar-refractivity contribution in [3.8, 4) is 11.8 Å². The third-order valence-electron chi connectivity index (χ3n) is 2.23. The third kappa shape index (κ3) is 2.12. The molecule has 0 aliphatic rings. The quantitative estimate of drug-likeness (QED) is 0.794. The van der Waals surface area contributed by atoms with Crippen LogP contribution in [0, 0.1) is 18.3 Å². The van der Waals surface area contributed by atoms with Crippen LogP contribution in [0.3, 0.4) is 0 Å². The van der Waals surface area contributed by atoms with Gasteiger partial charge in [-0.15, -0.1) is 0 Å². The van der Waals surface area contributed by atoms with Gasteiger partial charge in [-0.25, -0.2) is 4.79 Å². The molecule has 0 fully saturated rings. The molecule has 5 heteroatoms. The predicted molar refractivity (Wildman–Crippen MR) is 55.0 cm³/mol. The van der Waals surface area contributed by atoms with E-state index in [4.69, 9.17) is 15.1 Å². The highest BCUT2D eigenvalue weighted by molar-refractivity contribution is 5.75. The van der Waals surface area contributed by atoms with Gasteiger partial charge in [0.25, 0.3) is 0 Å². The lowest BCUT2D eigenvalue weighted by Gasteiger charge is -2.13. The molecular weight excluding hydrogens is 210 g/mol. The summed E-state index contributed by atoms with van der Waals surface area (Å²) in [6, 6.07) is 4.78. The van der Waals surface area contributed by atoms with Gasteiger partial charge in [0.2, 0.25) is 0 Å². The van der Waals surface area contributed by atoms with Gasteiger partial charge in [-0.3, -0.25) is 0 Å². The molecule has 0 bridgehead atoms. The van der Waals surface area contributed by atoms with Gasteiger partial charge in [-0.2, -0.15) is 5.26 Å². The second kappa shape index (κ2) is 4.64. The van der Waals surface area contributed by atoms with Crippen molar-refractivity contribution in [1.29, 1.82) is 5.26 Å². The highest BCUT2D eigenvalue weighted by Crippen LogP contribution is 2.28. The zero-order chi connectivity index (χ0) is 12.3. The largest absolute Gasteiger partial charge is 0.496 e. The Morgan fingerprint density at radius 2 is 2.19 bits per heavy atom. The normalized spacial score (nSPS) is 11.6. The van der Waals surface area contributed by atoms with Crippen LogP contribution in [0.5, 0.6) is 5.75 Å². The van der Waals surface area contributed by atoms with Gasteiger partial charge in [0.05, 0.1) is 18.7 Å². The monoisotopic (exact) mass is 221 g/mol. The number of ether oxygens (including phenoxy) is 1. The number of carboxylic acid groups (broad SMARTS) is 1. The van der Waals surface area contributed by atoms with Crippen LogP contribution >= 0.6 is 0 Å². The predicted octanol–water partition coefficient (Wildman–Crippen LogP) is 0.993. The van der Waals surface area contributed by atoms with Crippen LogP contribution in [0.4, 0.5) is 0 Å². The molecule has 1 rings (SSSR count). The van der Waals surface area contributed by atoms with Crippen LogP contribution < -0.4 is 4.74 Å². The van der Waals surface area contributed by atoms with Gasteiger partial charge in [0.15, 0.2) is 6.10 Å². The maximum Gasteiger partial charge on any atom is 0.337 e. The number of nitrogens with zero attached hydrogens (tertiary/aromatic N) is 1. The Balaban J connectivity index is 3.37. The van der Waals surface area contributed by atoms with Gasteiger partial charge < -0.3 is 14.9 Å². The van der Waals surface area contributed by atoms with E-state index in [9.17, 15) is 9.90 Å². The number of carboxylic acids is 1. The lowest BCUT2D eigenvalue weighted by molar-refractivity contribution is -0.147. The van der Waals surface area contributed by atoms with Gasteiger partial charge in [-0.1, -0.05) is 0 Å². The van der Waals surface area contributed by atoms with Crippen LogP contribution in [0.15, 0.2) is 12.1 Å². The number of aryl methyl sites for hydroxylation is 1. The highest BCUT2D eigenvalue weighted by Gasteiger charge is 2.21. The van der Waals surface area contributed by atoms with E-state index >= 15 is 0 Å². The first-order valence-corrected chi connectivity index (χ1v) is 4.50. The molecule has 1 unspecified atom stereocenters. The molecule has 1 atom stereocenters. The Kier molecular flexibility index (Phi) is 3.48. The maximum atomic E-state index is 10.7. The Morgan fingerprint density at radius 1 is 1.56 bits per heavy atom. The minimum absolute atomic E-state index is 0.0807. The minimum atomic E-state index is -1.69. The van der Waals surface area contributed by atoms with Crippen molar-refractivity contribution in [2.24, 2.45) is 0 Å².